The highest BCUT2D eigenvalue weighted by Gasteiger charge is 2.13. The van der Waals surface area contributed by atoms with Crippen molar-refractivity contribution in [2.75, 3.05) is 13.7 Å². The van der Waals surface area contributed by atoms with Gasteiger partial charge in [-0.3, -0.25) is 0 Å². The molecule has 0 amide bonds. The molecule has 3 nitrogen and oxygen atoms in total. The molecule has 0 fully saturated rings. The number of carbonyl (C=O) groups excluding carboxylic acids is 1. The van der Waals surface area contributed by atoms with E-state index < -0.39 is 5.97 Å². The zero-order chi connectivity index (χ0) is 13.8. The maximum atomic E-state index is 11.8. The van der Waals surface area contributed by atoms with Crippen LogP contribution >= 0.6 is 0 Å². The summed E-state index contributed by atoms with van der Waals surface area (Å²) < 4.78 is 10.2. The third-order valence-electron chi connectivity index (χ3n) is 2.94. The number of ether oxygens (including phenoxy) is 2. The van der Waals surface area contributed by atoms with E-state index in [1.54, 1.807) is 14.0 Å². The fourth-order valence-electron chi connectivity index (χ4n) is 1.97. The summed E-state index contributed by atoms with van der Waals surface area (Å²) in [7, 11) is 1.62. The van der Waals surface area contributed by atoms with Crippen molar-refractivity contribution in [3.63, 3.8) is 0 Å². The molecular formula is C16H16O3. The van der Waals surface area contributed by atoms with Gasteiger partial charge in [0.05, 0.1) is 19.3 Å². The van der Waals surface area contributed by atoms with E-state index in [0.717, 1.165) is 22.1 Å². The Morgan fingerprint density at radius 2 is 2.05 bits per heavy atom. The number of hydrogen-bond acceptors (Lipinski definition) is 3. The largest absolute Gasteiger partial charge is 0.497 e. The van der Waals surface area contributed by atoms with Gasteiger partial charge in [0.1, 0.15) is 5.75 Å². The minimum atomic E-state index is -0.391. The van der Waals surface area contributed by atoms with Crippen molar-refractivity contribution in [1.82, 2.24) is 0 Å². The highest BCUT2D eigenvalue weighted by molar-refractivity contribution is 6.19. The fourth-order valence-corrected chi connectivity index (χ4v) is 1.97. The molecule has 0 saturated carbocycles. The van der Waals surface area contributed by atoms with Gasteiger partial charge in [-0.1, -0.05) is 30.8 Å². The third-order valence-corrected chi connectivity index (χ3v) is 2.94. The Morgan fingerprint density at radius 3 is 2.74 bits per heavy atom. The molecule has 0 aromatic heterocycles. The summed E-state index contributed by atoms with van der Waals surface area (Å²) in [6, 6.07) is 11.5. The van der Waals surface area contributed by atoms with Crippen LogP contribution in [0.5, 0.6) is 5.75 Å². The molecule has 0 atom stereocenters. The number of hydrogen-bond donors (Lipinski definition) is 0. The van der Waals surface area contributed by atoms with Crippen molar-refractivity contribution in [2.24, 2.45) is 0 Å². The topological polar surface area (TPSA) is 35.5 Å². The first kappa shape index (κ1) is 13.1. The first-order valence-corrected chi connectivity index (χ1v) is 6.10. The Balaban J connectivity index is 2.53. The second-order valence-electron chi connectivity index (χ2n) is 4.09. The second kappa shape index (κ2) is 5.57. The van der Waals surface area contributed by atoms with Gasteiger partial charge in [0.25, 0.3) is 0 Å². The molecule has 2 aromatic carbocycles. The minimum absolute atomic E-state index is 0.339. The number of benzene rings is 2. The van der Waals surface area contributed by atoms with Crippen LogP contribution in [-0.4, -0.2) is 19.7 Å². The van der Waals surface area contributed by atoms with Gasteiger partial charge in [0, 0.05) is 0 Å². The summed E-state index contributed by atoms with van der Waals surface area (Å²) in [5.74, 6) is 0.356. The lowest BCUT2D eigenvalue weighted by molar-refractivity contribution is -0.136. The molecule has 0 aliphatic carbocycles. The lowest BCUT2D eigenvalue weighted by Gasteiger charge is -2.10. The van der Waals surface area contributed by atoms with Gasteiger partial charge in [-0.25, -0.2) is 4.79 Å². The molecule has 2 aromatic rings. The van der Waals surface area contributed by atoms with Crippen molar-refractivity contribution in [1.29, 1.82) is 0 Å². The molecule has 0 spiro atoms. The molecule has 98 valence electrons. The highest BCUT2D eigenvalue weighted by atomic mass is 16.5. The SMILES string of the molecule is C=C(C(=O)OCC)c1cccc2ccc(OC)cc12. The maximum Gasteiger partial charge on any atom is 0.338 e. The van der Waals surface area contributed by atoms with Crippen LogP contribution in [0.1, 0.15) is 12.5 Å². The number of fused-ring (bicyclic) bond motifs is 1. The standard InChI is InChI=1S/C16H16O3/c1-4-19-16(17)11(2)14-7-5-6-12-8-9-13(18-3)10-15(12)14/h5-10H,2,4H2,1,3H3. The summed E-state index contributed by atoms with van der Waals surface area (Å²) in [6.45, 7) is 5.95. The first-order chi connectivity index (χ1) is 9.17. The van der Waals surface area contributed by atoms with Crippen LogP contribution in [0, 0.1) is 0 Å². The Bertz CT molecular complexity index is 629. The van der Waals surface area contributed by atoms with Crippen LogP contribution in [0.15, 0.2) is 43.0 Å². The molecule has 0 aliphatic heterocycles. The Labute approximate surface area is 112 Å². The average molecular weight is 256 g/mol. The molecule has 0 heterocycles. The van der Waals surface area contributed by atoms with E-state index in [-0.39, 0.29) is 0 Å². The number of methoxy groups -OCH3 is 1. The van der Waals surface area contributed by atoms with Crippen molar-refractivity contribution < 1.29 is 14.3 Å². The molecule has 0 unspecified atom stereocenters. The molecule has 0 bridgehead atoms. The number of esters is 1. The monoisotopic (exact) mass is 256 g/mol. The van der Waals surface area contributed by atoms with Crippen LogP contribution in [-0.2, 0) is 9.53 Å². The summed E-state index contributed by atoms with van der Waals surface area (Å²) >= 11 is 0. The van der Waals surface area contributed by atoms with Gasteiger partial charge >= 0.3 is 5.97 Å². The van der Waals surface area contributed by atoms with E-state index in [1.807, 2.05) is 36.4 Å². The van der Waals surface area contributed by atoms with E-state index >= 15 is 0 Å². The van der Waals surface area contributed by atoms with Crippen LogP contribution < -0.4 is 4.74 Å². The van der Waals surface area contributed by atoms with Crippen LogP contribution in [0.25, 0.3) is 16.3 Å². The van der Waals surface area contributed by atoms with Crippen molar-refractivity contribution in [2.45, 2.75) is 6.92 Å². The molecule has 19 heavy (non-hydrogen) atoms. The highest BCUT2D eigenvalue weighted by Crippen LogP contribution is 2.28. The summed E-state index contributed by atoms with van der Waals surface area (Å²) in [6.07, 6.45) is 0. The smallest absolute Gasteiger partial charge is 0.338 e. The number of rotatable bonds is 4. The van der Waals surface area contributed by atoms with E-state index in [4.69, 9.17) is 9.47 Å². The minimum Gasteiger partial charge on any atom is -0.497 e. The predicted octanol–water partition coefficient (Wildman–Crippen LogP) is 3.42. The van der Waals surface area contributed by atoms with E-state index in [0.29, 0.717) is 12.2 Å². The van der Waals surface area contributed by atoms with Gasteiger partial charge < -0.3 is 9.47 Å². The maximum absolute atomic E-state index is 11.8. The van der Waals surface area contributed by atoms with Crippen molar-refractivity contribution in [3.8, 4) is 5.75 Å². The van der Waals surface area contributed by atoms with Crippen molar-refractivity contribution in [3.05, 3.63) is 48.5 Å². The van der Waals surface area contributed by atoms with Gasteiger partial charge in [-0.2, -0.15) is 0 Å². The zero-order valence-corrected chi connectivity index (χ0v) is 11.1. The van der Waals surface area contributed by atoms with E-state index in [9.17, 15) is 4.79 Å². The second-order valence-corrected chi connectivity index (χ2v) is 4.09. The van der Waals surface area contributed by atoms with E-state index in [2.05, 4.69) is 6.58 Å². The predicted molar refractivity (Wildman–Crippen MR) is 76.2 cm³/mol. The van der Waals surface area contributed by atoms with Crippen molar-refractivity contribution >= 4 is 22.3 Å². The zero-order valence-electron chi connectivity index (χ0n) is 11.1. The van der Waals surface area contributed by atoms with Gasteiger partial charge in [-0.15, -0.1) is 0 Å². The summed E-state index contributed by atoms with van der Waals surface area (Å²) in [4.78, 5) is 11.8. The first-order valence-electron chi connectivity index (χ1n) is 6.10. The number of carbonyl (C=O) groups is 1. The summed E-state index contributed by atoms with van der Waals surface area (Å²) in [5.41, 5.74) is 1.13. The van der Waals surface area contributed by atoms with Gasteiger partial charge in [0.2, 0.25) is 0 Å². The normalized spacial score (nSPS) is 10.2. The Hall–Kier alpha value is -2.29. The average Bonchev–Trinajstić information content (AvgIpc) is 2.45. The Kier molecular flexibility index (Phi) is 3.85. The molecule has 2 rings (SSSR count). The van der Waals surface area contributed by atoms with E-state index in [1.165, 1.54) is 0 Å². The van der Waals surface area contributed by atoms with Crippen LogP contribution in [0.4, 0.5) is 0 Å². The molecular weight excluding hydrogens is 240 g/mol. The van der Waals surface area contributed by atoms with Crippen LogP contribution in [0.2, 0.25) is 0 Å². The lowest BCUT2D eigenvalue weighted by Crippen LogP contribution is -2.06. The fraction of sp³-hybridized carbons (Fsp3) is 0.188. The van der Waals surface area contributed by atoms with Crippen LogP contribution in [0.3, 0.4) is 0 Å². The molecule has 0 saturated heterocycles. The van der Waals surface area contributed by atoms with Gasteiger partial charge in [0.15, 0.2) is 0 Å². The lowest BCUT2D eigenvalue weighted by atomic mass is 9.99. The third kappa shape index (κ3) is 2.60. The van der Waals surface area contributed by atoms with Gasteiger partial charge in [-0.05, 0) is 35.4 Å². The molecule has 0 radical (unpaired) electrons. The summed E-state index contributed by atoms with van der Waals surface area (Å²) in [5, 5.41) is 1.96. The quantitative estimate of drug-likeness (QED) is 0.621. The molecule has 0 N–H and O–H groups in total. The molecule has 3 heteroatoms. The molecule has 0 aliphatic rings. The Morgan fingerprint density at radius 1 is 1.26 bits per heavy atom.